The molecule has 0 saturated heterocycles. The van der Waals surface area contributed by atoms with Crippen LogP contribution in [0.3, 0.4) is 0 Å². The number of alkyl halides is 1. The van der Waals surface area contributed by atoms with Crippen molar-refractivity contribution in [1.29, 1.82) is 0 Å². The summed E-state index contributed by atoms with van der Waals surface area (Å²) < 4.78 is 5.32. The zero-order chi connectivity index (χ0) is 9.97. The summed E-state index contributed by atoms with van der Waals surface area (Å²) in [6, 6.07) is 1.86. The van der Waals surface area contributed by atoms with E-state index >= 15 is 0 Å². The van der Waals surface area contributed by atoms with Crippen molar-refractivity contribution >= 4 is 28.5 Å². The van der Waals surface area contributed by atoms with E-state index in [0.29, 0.717) is 9.68 Å². The van der Waals surface area contributed by atoms with Gasteiger partial charge in [-0.25, -0.2) is 0 Å². The molecule has 2 rings (SSSR count). The Labute approximate surface area is 95.6 Å². The van der Waals surface area contributed by atoms with Crippen molar-refractivity contribution in [2.24, 2.45) is 0 Å². The van der Waals surface area contributed by atoms with Crippen molar-refractivity contribution in [3.63, 3.8) is 0 Å². The monoisotopic (exact) mass is 306 g/mol. The molecule has 1 aliphatic rings. The minimum atomic E-state index is -0.156. The average molecular weight is 306 g/mol. The highest BCUT2D eigenvalue weighted by atomic mass is 127. The number of carbonyl (C=O) groups is 1. The minimum Gasteiger partial charge on any atom is -0.351 e. The molecule has 0 spiro atoms. The average Bonchev–Trinajstić information content (AvgIpc) is 2.77. The second kappa shape index (κ2) is 4.29. The van der Waals surface area contributed by atoms with Crippen LogP contribution in [0.2, 0.25) is 0 Å². The summed E-state index contributed by atoms with van der Waals surface area (Å²) in [6.07, 6.45) is 4.91. The van der Waals surface area contributed by atoms with E-state index in [0.717, 1.165) is 6.42 Å². The number of aromatic nitrogens is 1. The molecule has 1 aromatic rings. The van der Waals surface area contributed by atoms with Gasteiger partial charge in [-0.3, -0.25) is 4.79 Å². The summed E-state index contributed by atoms with van der Waals surface area (Å²) in [5.41, 5.74) is 0. The summed E-state index contributed by atoms with van der Waals surface area (Å²) in [7, 11) is 0. The molecule has 1 N–H and O–H groups in total. The van der Waals surface area contributed by atoms with Gasteiger partial charge >= 0.3 is 0 Å². The standard InChI is InChI=1S/C9H11IN2O2/c10-6-2-1-3-7(6)12-9(13)8-4-5-11-14-8/h4-7H,1-3H2,(H,12,13)/t6-,7-/m0/s1. The van der Waals surface area contributed by atoms with Crippen molar-refractivity contribution in [2.45, 2.75) is 29.2 Å². The first-order chi connectivity index (χ1) is 6.77. The van der Waals surface area contributed by atoms with Gasteiger partial charge in [-0.05, 0) is 12.8 Å². The van der Waals surface area contributed by atoms with Crippen LogP contribution in [0, 0.1) is 0 Å². The normalized spacial score (nSPS) is 26.4. The highest BCUT2D eigenvalue weighted by Crippen LogP contribution is 2.26. The molecule has 76 valence electrons. The first-order valence-corrected chi connectivity index (χ1v) is 5.87. The first-order valence-electron chi connectivity index (χ1n) is 4.63. The predicted molar refractivity (Wildman–Crippen MR) is 59.4 cm³/mol. The van der Waals surface area contributed by atoms with Gasteiger partial charge < -0.3 is 9.84 Å². The maximum absolute atomic E-state index is 11.6. The number of carbonyl (C=O) groups excluding carboxylic acids is 1. The molecule has 0 bridgehead atoms. The lowest BCUT2D eigenvalue weighted by Crippen LogP contribution is -2.37. The van der Waals surface area contributed by atoms with Crippen molar-refractivity contribution in [1.82, 2.24) is 10.5 Å². The van der Waals surface area contributed by atoms with Gasteiger partial charge in [0.15, 0.2) is 0 Å². The summed E-state index contributed by atoms with van der Waals surface area (Å²) >= 11 is 2.38. The molecule has 1 aromatic heterocycles. The Kier molecular flexibility index (Phi) is 3.05. The second-order valence-corrected chi connectivity index (χ2v) is 5.00. The molecule has 1 fully saturated rings. The van der Waals surface area contributed by atoms with E-state index < -0.39 is 0 Å². The molecule has 14 heavy (non-hydrogen) atoms. The van der Waals surface area contributed by atoms with E-state index in [9.17, 15) is 4.79 Å². The molecule has 1 aliphatic carbocycles. The van der Waals surface area contributed by atoms with Gasteiger partial charge in [0.2, 0.25) is 5.76 Å². The van der Waals surface area contributed by atoms with Crippen LogP contribution in [0.1, 0.15) is 29.8 Å². The Hall–Kier alpha value is -0.590. The fraction of sp³-hybridized carbons (Fsp3) is 0.556. The molecular formula is C9H11IN2O2. The third kappa shape index (κ3) is 2.08. The van der Waals surface area contributed by atoms with Gasteiger partial charge in [0, 0.05) is 16.0 Å². The smallest absolute Gasteiger partial charge is 0.290 e. The van der Waals surface area contributed by atoms with E-state index in [4.69, 9.17) is 4.52 Å². The molecule has 5 heteroatoms. The third-order valence-corrected chi connectivity index (χ3v) is 3.90. The van der Waals surface area contributed by atoms with Crippen molar-refractivity contribution in [3.8, 4) is 0 Å². The Morgan fingerprint density at radius 2 is 2.50 bits per heavy atom. The zero-order valence-corrected chi connectivity index (χ0v) is 9.73. The zero-order valence-electron chi connectivity index (χ0n) is 7.57. The van der Waals surface area contributed by atoms with Crippen LogP contribution in [0.5, 0.6) is 0 Å². The number of amides is 1. The molecule has 4 nitrogen and oxygen atoms in total. The van der Waals surface area contributed by atoms with Crippen LogP contribution in [-0.4, -0.2) is 21.0 Å². The highest BCUT2D eigenvalue weighted by molar-refractivity contribution is 14.1. The van der Waals surface area contributed by atoms with Crippen LogP contribution in [0.4, 0.5) is 0 Å². The van der Waals surface area contributed by atoms with Crippen molar-refractivity contribution in [3.05, 3.63) is 18.0 Å². The fourth-order valence-electron chi connectivity index (χ4n) is 1.65. The van der Waals surface area contributed by atoms with Crippen LogP contribution in [0.15, 0.2) is 16.8 Å². The molecular weight excluding hydrogens is 295 g/mol. The SMILES string of the molecule is O=C(N[C@H]1CCC[C@@H]1I)c1ccno1. The molecule has 0 aliphatic heterocycles. The largest absolute Gasteiger partial charge is 0.351 e. The molecule has 1 heterocycles. The Balaban J connectivity index is 1.95. The third-order valence-electron chi connectivity index (χ3n) is 2.41. The van der Waals surface area contributed by atoms with Gasteiger partial charge in [-0.1, -0.05) is 34.2 Å². The highest BCUT2D eigenvalue weighted by Gasteiger charge is 2.27. The second-order valence-electron chi connectivity index (χ2n) is 3.40. The first kappa shape index (κ1) is 9.95. The van der Waals surface area contributed by atoms with Gasteiger partial charge in [0.25, 0.3) is 5.91 Å². The number of nitrogens with zero attached hydrogens (tertiary/aromatic N) is 1. The summed E-state index contributed by atoms with van der Waals surface area (Å²) in [6.45, 7) is 0. The number of halogens is 1. The van der Waals surface area contributed by atoms with Crippen LogP contribution in [0.25, 0.3) is 0 Å². The lowest BCUT2D eigenvalue weighted by atomic mass is 10.2. The van der Waals surface area contributed by atoms with Gasteiger partial charge in [0.1, 0.15) is 0 Å². The molecule has 0 radical (unpaired) electrons. The maximum atomic E-state index is 11.6. The van der Waals surface area contributed by atoms with E-state index in [1.165, 1.54) is 19.0 Å². The topological polar surface area (TPSA) is 55.1 Å². The van der Waals surface area contributed by atoms with Crippen LogP contribution < -0.4 is 5.32 Å². The van der Waals surface area contributed by atoms with Gasteiger partial charge in [-0.15, -0.1) is 0 Å². The Bertz CT molecular complexity index is 313. The Morgan fingerprint density at radius 3 is 3.07 bits per heavy atom. The Morgan fingerprint density at radius 1 is 1.64 bits per heavy atom. The maximum Gasteiger partial charge on any atom is 0.290 e. The number of hydrogen-bond donors (Lipinski definition) is 1. The van der Waals surface area contributed by atoms with Gasteiger partial charge in [-0.2, -0.15) is 0 Å². The summed E-state index contributed by atoms with van der Waals surface area (Å²) in [5, 5.41) is 6.45. The van der Waals surface area contributed by atoms with Crippen molar-refractivity contribution < 1.29 is 9.32 Å². The summed E-state index contributed by atoms with van der Waals surface area (Å²) in [5.74, 6) is 0.136. The van der Waals surface area contributed by atoms with E-state index in [1.54, 1.807) is 6.07 Å². The molecule has 0 aromatic carbocycles. The van der Waals surface area contributed by atoms with Crippen LogP contribution >= 0.6 is 22.6 Å². The number of nitrogens with one attached hydrogen (secondary N) is 1. The molecule has 0 unspecified atom stereocenters. The number of hydrogen-bond acceptors (Lipinski definition) is 3. The number of rotatable bonds is 2. The molecule has 1 amide bonds. The predicted octanol–water partition coefficient (Wildman–Crippen LogP) is 1.76. The fourth-order valence-corrected chi connectivity index (χ4v) is 2.63. The molecule has 1 saturated carbocycles. The lowest BCUT2D eigenvalue weighted by molar-refractivity contribution is 0.0902. The van der Waals surface area contributed by atoms with E-state index in [2.05, 4.69) is 33.1 Å². The summed E-state index contributed by atoms with van der Waals surface area (Å²) in [4.78, 5) is 11.6. The van der Waals surface area contributed by atoms with Crippen molar-refractivity contribution in [2.75, 3.05) is 0 Å². The quantitative estimate of drug-likeness (QED) is 0.669. The van der Waals surface area contributed by atoms with Gasteiger partial charge in [0.05, 0.1) is 6.20 Å². The van der Waals surface area contributed by atoms with Crippen LogP contribution in [-0.2, 0) is 0 Å². The van der Waals surface area contributed by atoms with E-state index in [-0.39, 0.29) is 11.9 Å². The molecule has 2 atom stereocenters. The van der Waals surface area contributed by atoms with E-state index in [1.807, 2.05) is 0 Å². The minimum absolute atomic E-state index is 0.156. The lowest BCUT2D eigenvalue weighted by Gasteiger charge is -2.14.